The van der Waals surface area contributed by atoms with Crippen LogP contribution in [0.15, 0.2) is 24.3 Å². The molecule has 118 valence electrons. The Morgan fingerprint density at radius 3 is 2.71 bits per heavy atom. The first-order valence-corrected chi connectivity index (χ1v) is 8.90. The highest BCUT2D eigenvalue weighted by Crippen LogP contribution is 2.28. The van der Waals surface area contributed by atoms with E-state index in [1.54, 1.807) is 7.11 Å². The number of sulfonamides is 1. The zero-order valence-electron chi connectivity index (χ0n) is 12.3. The van der Waals surface area contributed by atoms with Crippen LogP contribution in [0.5, 0.6) is 5.75 Å². The van der Waals surface area contributed by atoms with Gasteiger partial charge >= 0.3 is 0 Å². The van der Waals surface area contributed by atoms with E-state index in [-0.39, 0.29) is 12.3 Å². The Morgan fingerprint density at radius 2 is 2.05 bits per heavy atom. The van der Waals surface area contributed by atoms with Crippen LogP contribution >= 0.6 is 0 Å². The minimum absolute atomic E-state index is 0.0102. The van der Waals surface area contributed by atoms with Gasteiger partial charge < -0.3 is 9.84 Å². The molecule has 21 heavy (non-hydrogen) atoms. The molecule has 2 rings (SSSR count). The predicted molar refractivity (Wildman–Crippen MR) is 81.9 cm³/mol. The van der Waals surface area contributed by atoms with E-state index >= 15 is 0 Å². The summed E-state index contributed by atoms with van der Waals surface area (Å²) in [7, 11) is -1.79. The van der Waals surface area contributed by atoms with Crippen molar-refractivity contribution in [1.82, 2.24) is 4.72 Å². The van der Waals surface area contributed by atoms with E-state index in [4.69, 9.17) is 4.74 Å². The fourth-order valence-electron chi connectivity index (χ4n) is 2.61. The molecule has 0 aliphatic heterocycles. The summed E-state index contributed by atoms with van der Waals surface area (Å²) in [6.45, 7) is 0.118. The third kappa shape index (κ3) is 4.98. The number of aryl methyl sites for hydroxylation is 1. The quantitative estimate of drug-likeness (QED) is 0.799. The lowest BCUT2D eigenvalue weighted by Crippen LogP contribution is -2.41. The van der Waals surface area contributed by atoms with E-state index in [9.17, 15) is 13.5 Å². The van der Waals surface area contributed by atoms with E-state index in [0.717, 1.165) is 24.2 Å². The second-order valence-corrected chi connectivity index (χ2v) is 7.60. The molecule has 0 aromatic heterocycles. The number of nitrogens with one attached hydrogen (secondary N) is 1. The summed E-state index contributed by atoms with van der Waals surface area (Å²) in [5.74, 6) is 0.731. The van der Waals surface area contributed by atoms with E-state index < -0.39 is 15.6 Å². The number of rotatable bonds is 7. The van der Waals surface area contributed by atoms with Gasteiger partial charge in [0.25, 0.3) is 0 Å². The minimum Gasteiger partial charge on any atom is -0.497 e. The normalized spacial score (nSPS) is 17.8. The average molecular weight is 313 g/mol. The first kappa shape index (κ1) is 16.3. The standard InChI is InChI=1S/C15H23NO4S/c1-20-14-6-4-5-13(11-14)7-10-21(18,19)16-12-15(17)8-2-3-9-15/h4-6,11,16-17H,2-3,7-10,12H2,1H3. The van der Waals surface area contributed by atoms with Crippen molar-refractivity contribution in [3.63, 3.8) is 0 Å². The molecule has 1 aromatic rings. The highest BCUT2D eigenvalue weighted by molar-refractivity contribution is 7.89. The third-order valence-corrected chi connectivity index (χ3v) is 5.27. The molecule has 6 heteroatoms. The van der Waals surface area contributed by atoms with Gasteiger partial charge in [-0.15, -0.1) is 0 Å². The number of hydrogen-bond donors (Lipinski definition) is 2. The molecule has 0 amide bonds. The van der Waals surface area contributed by atoms with E-state index in [2.05, 4.69) is 4.72 Å². The van der Waals surface area contributed by atoms with Crippen LogP contribution < -0.4 is 9.46 Å². The number of aliphatic hydroxyl groups is 1. The third-order valence-electron chi connectivity index (χ3n) is 3.95. The summed E-state index contributed by atoms with van der Waals surface area (Å²) in [6.07, 6.45) is 3.69. The molecular formula is C15H23NO4S. The molecular weight excluding hydrogens is 290 g/mol. The van der Waals surface area contributed by atoms with Gasteiger partial charge in [0.1, 0.15) is 5.75 Å². The summed E-state index contributed by atoms with van der Waals surface area (Å²) in [5, 5.41) is 10.2. The summed E-state index contributed by atoms with van der Waals surface area (Å²) >= 11 is 0. The number of ether oxygens (including phenoxy) is 1. The smallest absolute Gasteiger partial charge is 0.212 e. The molecule has 1 aromatic carbocycles. The summed E-state index contributed by atoms with van der Waals surface area (Å²) in [6, 6.07) is 7.38. The molecule has 2 N–H and O–H groups in total. The molecule has 0 atom stereocenters. The van der Waals surface area contributed by atoms with E-state index in [1.807, 2.05) is 24.3 Å². The van der Waals surface area contributed by atoms with Crippen LogP contribution in [0.3, 0.4) is 0 Å². The van der Waals surface area contributed by atoms with Gasteiger partial charge in [0.2, 0.25) is 10.0 Å². The zero-order valence-corrected chi connectivity index (χ0v) is 13.2. The molecule has 0 bridgehead atoms. The van der Waals surface area contributed by atoms with Crippen molar-refractivity contribution in [3.05, 3.63) is 29.8 Å². The fraction of sp³-hybridized carbons (Fsp3) is 0.600. The highest BCUT2D eigenvalue weighted by Gasteiger charge is 2.32. The maximum Gasteiger partial charge on any atom is 0.212 e. The molecule has 0 spiro atoms. The topological polar surface area (TPSA) is 75.6 Å². The Kier molecular flexibility index (Phi) is 5.24. The van der Waals surface area contributed by atoms with E-state index in [1.165, 1.54) is 0 Å². The number of hydrogen-bond acceptors (Lipinski definition) is 4. The van der Waals surface area contributed by atoms with Crippen LogP contribution in [-0.4, -0.2) is 38.5 Å². The van der Waals surface area contributed by atoms with Crippen molar-refractivity contribution in [1.29, 1.82) is 0 Å². The van der Waals surface area contributed by atoms with Gasteiger partial charge in [-0.1, -0.05) is 25.0 Å². The van der Waals surface area contributed by atoms with Crippen molar-refractivity contribution < 1.29 is 18.3 Å². The van der Waals surface area contributed by atoms with Crippen LogP contribution in [0.1, 0.15) is 31.2 Å². The van der Waals surface area contributed by atoms with Crippen molar-refractivity contribution in [2.45, 2.75) is 37.7 Å². The summed E-state index contributed by atoms with van der Waals surface area (Å²) in [5.41, 5.74) is 0.0579. The Morgan fingerprint density at radius 1 is 1.33 bits per heavy atom. The van der Waals surface area contributed by atoms with Crippen LogP contribution in [0.4, 0.5) is 0 Å². The predicted octanol–water partition coefficient (Wildman–Crippen LogP) is 1.46. The number of benzene rings is 1. The maximum atomic E-state index is 12.0. The maximum absolute atomic E-state index is 12.0. The Labute approximate surface area is 126 Å². The summed E-state index contributed by atoms with van der Waals surface area (Å²) in [4.78, 5) is 0. The molecule has 5 nitrogen and oxygen atoms in total. The minimum atomic E-state index is -3.38. The van der Waals surface area contributed by atoms with Crippen molar-refractivity contribution >= 4 is 10.0 Å². The molecule has 0 radical (unpaired) electrons. The van der Waals surface area contributed by atoms with Gasteiger partial charge in [0.15, 0.2) is 0 Å². The largest absolute Gasteiger partial charge is 0.497 e. The average Bonchev–Trinajstić information content (AvgIpc) is 2.91. The SMILES string of the molecule is COc1cccc(CCS(=O)(=O)NCC2(O)CCCC2)c1. The molecule has 0 saturated heterocycles. The van der Waals surface area contributed by atoms with Gasteiger partial charge in [-0.25, -0.2) is 13.1 Å². The van der Waals surface area contributed by atoms with Gasteiger partial charge in [-0.3, -0.25) is 0 Å². The number of methoxy groups -OCH3 is 1. The van der Waals surface area contributed by atoms with Crippen LogP contribution in [0.2, 0.25) is 0 Å². The highest BCUT2D eigenvalue weighted by atomic mass is 32.2. The molecule has 1 fully saturated rings. The van der Waals surface area contributed by atoms with Gasteiger partial charge in [0.05, 0.1) is 18.5 Å². The Hall–Kier alpha value is -1.11. The summed E-state index contributed by atoms with van der Waals surface area (Å²) < 4.78 is 31.7. The van der Waals surface area contributed by atoms with Crippen molar-refractivity contribution in [2.75, 3.05) is 19.4 Å². The van der Waals surface area contributed by atoms with Crippen LogP contribution in [0, 0.1) is 0 Å². The first-order chi connectivity index (χ1) is 9.92. The zero-order chi connectivity index (χ0) is 15.3. The Bertz CT molecular complexity index is 565. The lowest BCUT2D eigenvalue weighted by molar-refractivity contribution is 0.0532. The monoisotopic (exact) mass is 313 g/mol. The van der Waals surface area contributed by atoms with Crippen LogP contribution in [-0.2, 0) is 16.4 Å². The van der Waals surface area contributed by atoms with Gasteiger partial charge in [-0.05, 0) is 37.0 Å². The van der Waals surface area contributed by atoms with Crippen molar-refractivity contribution in [2.24, 2.45) is 0 Å². The second kappa shape index (κ2) is 6.77. The molecule has 0 heterocycles. The van der Waals surface area contributed by atoms with Crippen molar-refractivity contribution in [3.8, 4) is 5.75 Å². The molecule has 1 aliphatic carbocycles. The fourth-order valence-corrected chi connectivity index (χ4v) is 3.74. The van der Waals surface area contributed by atoms with Gasteiger partial charge in [0, 0.05) is 6.54 Å². The molecule has 0 unspecified atom stereocenters. The lowest BCUT2D eigenvalue weighted by Gasteiger charge is -2.22. The van der Waals surface area contributed by atoms with Crippen LogP contribution in [0.25, 0.3) is 0 Å². The first-order valence-electron chi connectivity index (χ1n) is 7.25. The van der Waals surface area contributed by atoms with Gasteiger partial charge in [-0.2, -0.15) is 0 Å². The van der Waals surface area contributed by atoms with E-state index in [0.29, 0.717) is 19.3 Å². The Balaban J connectivity index is 1.85. The molecule has 1 saturated carbocycles. The second-order valence-electron chi connectivity index (χ2n) is 5.67. The lowest BCUT2D eigenvalue weighted by atomic mass is 10.0. The molecule has 1 aliphatic rings.